The van der Waals surface area contributed by atoms with Crippen molar-refractivity contribution in [2.75, 3.05) is 31.3 Å². The Bertz CT molecular complexity index is 971. The zero-order chi connectivity index (χ0) is 21.6. The molecule has 0 aliphatic rings. The quantitative estimate of drug-likeness (QED) is 0.633. The van der Waals surface area contributed by atoms with Gasteiger partial charge < -0.3 is 14.8 Å². The average molecular weight is 419 g/mol. The largest absolute Gasteiger partial charge is 0.493 e. The molecule has 29 heavy (non-hydrogen) atoms. The van der Waals surface area contributed by atoms with Crippen LogP contribution in [0.25, 0.3) is 0 Å². The van der Waals surface area contributed by atoms with Crippen molar-refractivity contribution in [1.82, 2.24) is 5.32 Å². The summed E-state index contributed by atoms with van der Waals surface area (Å²) in [4.78, 5) is 12.6. The maximum absolute atomic E-state index is 12.6. The molecule has 1 amide bonds. The van der Waals surface area contributed by atoms with Crippen LogP contribution in [0.5, 0.6) is 11.5 Å². The van der Waals surface area contributed by atoms with Gasteiger partial charge in [-0.3, -0.25) is 9.10 Å². The topological polar surface area (TPSA) is 84.9 Å². The number of carbonyl (C=O) groups is 1. The SMILES string of the molecule is C=CCN(c1ccc(C(=O)N[C@@H](C)c2ccc(OC)c(OC)c2)cc1)S(C)(=O)=O. The van der Waals surface area contributed by atoms with Gasteiger partial charge in [0.25, 0.3) is 5.91 Å². The highest BCUT2D eigenvalue weighted by molar-refractivity contribution is 7.92. The van der Waals surface area contributed by atoms with E-state index < -0.39 is 10.0 Å². The molecule has 0 aliphatic carbocycles. The lowest BCUT2D eigenvalue weighted by Gasteiger charge is -2.21. The number of nitrogens with one attached hydrogen (secondary N) is 1. The van der Waals surface area contributed by atoms with E-state index in [-0.39, 0.29) is 18.5 Å². The number of benzene rings is 2. The van der Waals surface area contributed by atoms with Gasteiger partial charge in [0.05, 0.1) is 38.7 Å². The first-order valence-electron chi connectivity index (χ1n) is 8.92. The smallest absolute Gasteiger partial charge is 0.251 e. The first-order valence-corrected chi connectivity index (χ1v) is 10.8. The van der Waals surface area contributed by atoms with Gasteiger partial charge in [0, 0.05) is 5.56 Å². The van der Waals surface area contributed by atoms with E-state index in [0.29, 0.717) is 22.7 Å². The van der Waals surface area contributed by atoms with Crippen LogP contribution in [-0.2, 0) is 10.0 Å². The second-order valence-corrected chi connectivity index (χ2v) is 8.35. The average Bonchev–Trinajstić information content (AvgIpc) is 2.70. The number of ether oxygens (including phenoxy) is 2. The molecule has 0 saturated heterocycles. The molecule has 0 bridgehead atoms. The highest BCUT2D eigenvalue weighted by Crippen LogP contribution is 2.30. The number of methoxy groups -OCH3 is 2. The molecule has 2 aromatic carbocycles. The molecule has 0 unspecified atom stereocenters. The molecule has 2 rings (SSSR count). The van der Waals surface area contributed by atoms with E-state index in [9.17, 15) is 13.2 Å². The molecule has 1 atom stereocenters. The second-order valence-electron chi connectivity index (χ2n) is 6.44. The summed E-state index contributed by atoms with van der Waals surface area (Å²) in [6.45, 7) is 5.60. The van der Waals surface area contributed by atoms with Crippen molar-refractivity contribution < 1.29 is 22.7 Å². The molecule has 0 saturated carbocycles. The molecule has 7 nitrogen and oxygen atoms in total. The molecule has 0 aliphatic heterocycles. The van der Waals surface area contributed by atoms with Gasteiger partial charge in [-0.2, -0.15) is 0 Å². The van der Waals surface area contributed by atoms with E-state index >= 15 is 0 Å². The van der Waals surface area contributed by atoms with Crippen molar-refractivity contribution >= 4 is 21.6 Å². The number of hydrogen-bond acceptors (Lipinski definition) is 5. The van der Waals surface area contributed by atoms with Crippen LogP contribution in [-0.4, -0.2) is 41.3 Å². The number of sulfonamides is 1. The van der Waals surface area contributed by atoms with Gasteiger partial charge in [-0.15, -0.1) is 6.58 Å². The van der Waals surface area contributed by atoms with Crippen molar-refractivity contribution in [3.05, 3.63) is 66.2 Å². The van der Waals surface area contributed by atoms with Crippen LogP contribution in [0.4, 0.5) is 5.69 Å². The lowest BCUT2D eigenvalue weighted by molar-refractivity contribution is 0.0940. The molecule has 8 heteroatoms. The number of amides is 1. The predicted molar refractivity (Wildman–Crippen MR) is 114 cm³/mol. The standard InChI is InChI=1S/C21H26N2O5S/c1-6-13-23(29(5,25)26)18-10-7-16(8-11-18)21(24)22-15(2)17-9-12-19(27-3)20(14-17)28-4/h6-12,14-15H,1,13H2,2-5H3,(H,22,24)/t15-/m0/s1. The Kier molecular flexibility index (Phi) is 7.28. The van der Waals surface area contributed by atoms with Crippen molar-refractivity contribution in [2.45, 2.75) is 13.0 Å². The second kappa shape index (κ2) is 9.47. The van der Waals surface area contributed by atoms with E-state index in [0.717, 1.165) is 11.8 Å². The summed E-state index contributed by atoms with van der Waals surface area (Å²) < 4.78 is 35.6. The Morgan fingerprint density at radius 2 is 1.76 bits per heavy atom. The maximum Gasteiger partial charge on any atom is 0.251 e. The predicted octanol–water partition coefficient (Wildman–Crippen LogP) is 3.15. The zero-order valence-corrected chi connectivity index (χ0v) is 17.8. The Labute approximate surface area is 172 Å². The Morgan fingerprint density at radius 1 is 1.14 bits per heavy atom. The fraction of sp³-hybridized carbons (Fsp3) is 0.286. The lowest BCUT2D eigenvalue weighted by atomic mass is 10.1. The van der Waals surface area contributed by atoms with Crippen molar-refractivity contribution in [2.24, 2.45) is 0 Å². The maximum atomic E-state index is 12.6. The van der Waals surface area contributed by atoms with Gasteiger partial charge in [-0.1, -0.05) is 12.1 Å². The van der Waals surface area contributed by atoms with E-state index in [1.807, 2.05) is 19.1 Å². The number of nitrogens with zero attached hydrogens (tertiary/aromatic N) is 1. The zero-order valence-electron chi connectivity index (χ0n) is 17.0. The van der Waals surface area contributed by atoms with Gasteiger partial charge in [0.1, 0.15) is 0 Å². The van der Waals surface area contributed by atoms with Crippen molar-refractivity contribution in [3.63, 3.8) is 0 Å². The van der Waals surface area contributed by atoms with Crippen LogP contribution in [0.3, 0.4) is 0 Å². The number of hydrogen-bond donors (Lipinski definition) is 1. The molecule has 156 valence electrons. The summed E-state index contributed by atoms with van der Waals surface area (Å²) in [5, 5.41) is 2.92. The monoisotopic (exact) mass is 418 g/mol. The fourth-order valence-electron chi connectivity index (χ4n) is 2.81. The lowest BCUT2D eigenvalue weighted by Crippen LogP contribution is -2.30. The van der Waals surface area contributed by atoms with Crippen molar-refractivity contribution in [3.8, 4) is 11.5 Å². The molecule has 0 heterocycles. The van der Waals surface area contributed by atoms with E-state index in [2.05, 4.69) is 11.9 Å². The first kappa shape index (κ1) is 22.3. The van der Waals surface area contributed by atoms with Crippen LogP contribution in [0.1, 0.15) is 28.9 Å². The van der Waals surface area contributed by atoms with E-state index in [1.54, 1.807) is 44.6 Å². The molecule has 1 N–H and O–H groups in total. The summed E-state index contributed by atoms with van der Waals surface area (Å²) in [6, 6.07) is 11.6. The Balaban J connectivity index is 2.15. The Hall–Kier alpha value is -3.00. The number of anilines is 1. The van der Waals surface area contributed by atoms with E-state index in [4.69, 9.17) is 9.47 Å². The highest BCUT2D eigenvalue weighted by Gasteiger charge is 2.17. The van der Waals surface area contributed by atoms with Gasteiger partial charge in [-0.05, 0) is 48.9 Å². The summed E-state index contributed by atoms with van der Waals surface area (Å²) >= 11 is 0. The van der Waals surface area contributed by atoms with Crippen LogP contribution < -0.4 is 19.1 Å². The van der Waals surface area contributed by atoms with Gasteiger partial charge in [-0.25, -0.2) is 8.42 Å². The minimum Gasteiger partial charge on any atom is -0.493 e. The minimum atomic E-state index is -3.44. The molecule has 0 fully saturated rings. The molecule has 0 spiro atoms. The Morgan fingerprint density at radius 3 is 2.28 bits per heavy atom. The normalized spacial score (nSPS) is 12.0. The van der Waals surface area contributed by atoms with Crippen LogP contribution in [0.2, 0.25) is 0 Å². The number of carbonyl (C=O) groups excluding carboxylic acids is 1. The minimum absolute atomic E-state index is 0.153. The summed E-state index contributed by atoms with van der Waals surface area (Å²) in [7, 11) is -0.325. The van der Waals surface area contributed by atoms with Crippen molar-refractivity contribution in [1.29, 1.82) is 0 Å². The van der Waals surface area contributed by atoms with Gasteiger partial charge in [0.2, 0.25) is 10.0 Å². The van der Waals surface area contributed by atoms with Gasteiger partial charge in [0.15, 0.2) is 11.5 Å². The van der Waals surface area contributed by atoms with Crippen LogP contribution in [0.15, 0.2) is 55.1 Å². The third kappa shape index (κ3) is 5.51. The molecular formula is C21H26N2O5S. The highest BCUT2D eigenvalue weighted by atomic mass is 32.2. The molecule has 0 aromatic heterocycles. The first-order chi connectivity index (χ1) is 13.7. The van der Waals surface area contributed by atoms with Crippen LogP contribution in [0, 0.1) is 0 Å². The van der Waals surface area contributed by atoms with Crippen LogP contribution >= 0.6 is 0 Å². The fourth-order valence-corrected chi connectivity index (χ4v) is 3.69. The molecule has 2 aromatic rings. The summed E-state index contributed by atoms with van der Waals surface area (Å²) in [6.07, 6.45) is 2.63. The summed E-state index contributed by atoms with van der Waals surface area (Å²) in [5.41, 5.74) is 1.76. The van der Waals surface area contributed by atoms with Gasteiger partial charge >= 0.3 is 0 Å². The molecule has 0 radical (unpaired) electrons. The van der Waals surface area contributed by atoms with E-state index in [1.165, 1.54) is 10.4 Å². The molecular weight excluding hydrogens is 392 g/mol. The third-order valence-electron chi connectivity index (χ3n) is 4.37. The third-order valence-corrected chi connectivity index (χ3v) is 5.53. The number of rotatable bonds is 9. The summed E-state index contributed by atoms with van der Waals surface area (Å²) in [5.74, 6) is 0.923.